The Kier molecular flexibility index (Phi) is 4.93. The molecule has 2 rings (SSSR count). The molecule has 106 valence electrons. The Balaban J connectivity index is 1.82. The summed E-state index contributed by atoms with van der Waals surface area (Å²) >= 11 is 0. The minimum absolute atomic E-state index is 0.152. The lowest BCUT2D eigenvalue weighted by atomic mass is 9.80. The van der Waals surface area contributed by atoms with Crippen LogP contribution >= 0.6 is 0 Å². The molecule has 0 saturated heterocycles. The molecular formula is C14H22N2O3. The standard InChI is InChI=1S/C14H22N2O3/c1-2-10-6-8-11(9-7-10)14-15-12(19-16-14)4-3-5-13(17)18/h10-11H,2-9H2,1H3,(H,17,18). The van der Waals surface area contributed by atoms with Crippen LogP contribution in [0.2, 0.25) is 0 Å². The van der Waals surface area contributed by atoms with Crippen LogP contribution in [0.3, 0.4) is 0 Å². The summed E-state index contributed by atoms with van der Waals surface area (Å²) in [5.41, 5.74) is 0. The Labute approximate surface area is 113 Å². The molecule has 1 saturated carbocycles. The van der Waals surface area contributed by atoms with Gasteiger partial charge in [-0.25, -0.2) is 0 Å². The van der Waals surface area contributed by atoms with E-state index in [1.165, 1.54) is 19.3 Å². The molecule has 1 N–H and O–H groups in total. The number of aryl methyl sites for hydroxylation is 1. The van der Waals surface area contributed by atoms with Crippen LogP contribution in [0.5, 0.6) is 0 Å². The summed E-state index contributed by atoms with van der Waals surface area (Å²) in [6, 6.07) is 0. The predicted molar refractivity (Wildman–Crippen MR) is 69.9 cm³/mol. The fourth-order valence-electron chi connectivity index (χ4n) is 2.76. The van der Waals surface area contributed by atoms with Gasteiger partial charge >= 0.3 is 5.97 Å². The zero-order valence-electron chi connectivity index (χ0n) is 11.5. The van der Waals surface area contributed by atoms with Crippen LogP contribution in [0, 0.1) is 5.92 Å². The van der Waals surface area contributed by atoms with Crippen LogP contribution in [0.4, 0.5) is 0 Å². The molecule has 5 heteroatoms. The Morgan fingerprint density at radius 2 is 2.11 bits per heavy atom. The largest absolute Gasteiger partial charge is 0.481 e. The summed E-state index contributed by atoms with van der Waals surface area (Å²) in [4.78, 5) is 14.8. The van der Waals surface area contributed by atoms with Crippen molar-refractivity contribution in [3.63, 3.8) is 0 Å². The fourth-order valence-corrected chi connectivity index (χ4v) is 2.76. The molecule has 0 aromatic carbocycles. The number of hydrogen-bond donors (Lipinski definition) is 1. The number of aromatic nitrogens is 2. The Morgan fingerprint density at radius 1 is 1.37 bits per heavy atom. The van der Waals surface area contributed by atoms with Crippen LogP contribution in [-0.4, -0.2) is 21.2 Å². The fraction of sp³-hybridized carbons (Fsp3) is 0.786. The number of carbonyl (C=O) groups is 1. The Hall–Kier alpha value is -1.39. The second kappa shape index (κ2) is 6.68. The molecule has 5 nitrogen and oxygen atoms in total. The maximum Gasteiger partial charge on any atom is 0.303 e. The van der Waals surface area contributed by atoms with Crippen molar-refractivity contribution in [2.45, 2.75) is 64.2 Å². The summed E-state index contributed by atoms with van der Waals surface area (Å²) in [6.07, 6.45) is 7.33. The van der Waals surface area contributed by atoms with Gasteiger partial charge in [0.25, 0.3) is 0 Å². The van der Waals surface area contributed by atoms with E-state index in [-0.39, 0.29) is 6.42 Å². The minimum atomic E-state index is -0.780. The lowest BCUT2D eigenvalue weighted by Gasteiger charge is -2.25. The van der Waals surface area contributed by atoms with Crippen LogP contribution in [0.15, 0.2) is 4.52 Å². The normalized spacial score (nSPS) is 23.4. The number of rotatable bonds is 6. The van der Waals surface area contributed by atoms with Gasteiger partial charge < -0.3 is 9.63 Å². The Morgan fingerprint density at radius 3 is 2.74 bits per heavy atom. The monoisotopic (exact) mass is 266 g/mol. The molecule has 1 heterocycles. The van der Waals surface area contributed by atoms with Crippen LogP contribution in [0.1, 0.15) is 69.5 Å². The third-order valence-corrected chi connectivity index (χ3v) is 4.05. The number of carboxylic acid groups (broad SMARTS) is 1. The van der Waals surface area contributed by atoms with E-state index in [0.717, 1.165) is 24.6 Å². The molecule has 1 fully saturated rings. The van der Waals surface area contributed by atoms with Gasteiger partial charge in [-0.1, -0.05) is 18.5 Å². The third kappa shape index (κ3) is 4.04. The number of carboxylic acids is 1. The topological polar surface area (TPSA) is 76.2 Å². The molecule has 1 aliphatic rings. The molecule has 0 amide bonds. The minimum Gasteiger partial charge on any atom is -0.481 e. The molecule has 0 radical (unpaired) electrons. The highest BCUT2D eigenvalue weighted by Gasteiger charge is 2.24. The molecule has 1 aromatic rings. The van der Waals surface area contributed by atoms with E-state index in [4.69, 9.17) is 9.63 Å². The van der Waals surface area contributed by atoms with Crippen molar-refractivity contribution in [1.82, 2.24) is 10.1 Å². The zero-order chi connectivity index (χ0) is 13.7. The van der Waals surface area contributed by atoms with Crippen molar-refractivity contribution in [3.05, 3.63) is 11.7 Å². The van der Waals surface area contributed by atoms with Gasteiger partial charge in [-0.15, -0.1) is 0 Å². The van der Waals surface area contributed by atoms with Crippen molar-refractivity contribution in [2.75, 3.05) is 0 Å². The van der Waals surface area contributed by atoms with Gasteiger partial charge in [-0.2, -0.15) is 4.98 Å². The van der Waals surface area contributed by atoms with E-state index >= 15 is 0 Å². The molecule has 0 bridgehead atoms. The van der Waals surface area contributed by atoms with Gasteiger partial charge in [-0.3, -0.25) is 4.79 Å². The van der Waals surface area contributed by atoms with Gasteiger partial charge in [0.2, 0.25) is 5.89 Å². The summed E-state index contributed by atoms with van der Waals surface area (Å²) in [6.45, 7) is 2.25. The molecule has 0 atom stereocenters. The van der Waals surface area contributed by atoms with Gasteiger partial charge in [0, 0.05) is 18.8 Å². The molecule has 0 unspecified atom stereocenters. The first kappa shape index (κ1) is 14.0. The first-order chi connectivity index (χ1) is 9.19. The Bertz CT molecular complexity index is 409. The lowest BCUT2D eigenvalue weighted by Crippen LogP contribution is -2.13. The maximum atomic E-state index is 10.4. The van der Waals surface area contributed by atoms with Gasteiger partial charge in [0.1, 0.15) is 0 Å². The van der Waals surface area contributed by atoms with Crippen LogP contribution in [-0.2, 0) is 11.2 Å². The van der Waals surface area contributed by atoms with Gasteiger partial charge in [-0.05, 0) is 38.0 Å². The van der Waals surface area contributed by atoms with E-state index in [9.17, 15) is 4.79 Å². The van der Waals surface area contributed by atoms with E-state index in [2.05, 4.69) is 17.1 Å². The highest BCUT2D eigenvalue weighted by molar-refractivity contribution is 5.66. The van der Waals surface area contributed by atoms with E-state index in [1.54, 1.807) is 0 Å². The summed E-state index contributed by atoms with van der Waals surface area (Å²) in [7, 11) is 0. The SMILES string of the molecule is CCC1CCC(c2noc(CCCC(=O)O)n2)CC1. The molecule has 19 heavy (non-hydrogen) atoms. The second-order valence-corrected chi connectivity index (χ2v) is 5.42. The summed E-state index contributed by atoms with van der Waals surface area (Å²) in [5, 5.41) is 12.6. The second-order valence-electron chi connectivity index (χ2n) is 5.42. The zero-order valence-corrected chi connectivity index (χ0v) is 11.5. The summed E-state index contributed by atoms with van der Waals surface area (Å²) < 4.78 is 5.20. The van der Waals surface area contributed by atoms with Crippen molar-refractivity contribution in [2.24, 2.45) is 5.92 Å². The average molecular weight is 266 g/mol. The molecule has 1 aromatic heterocycles. The van der Waals surface area contributed by atoms with E-state index < -0.39 is 5.97 Å². The molecular weight excluding hydrogens is 244 g/mol. The summed E-state index contributed by atoms with van der Waals surface area (Å²) in [5.74, 6) is 1.91. The number of aliphatic carboxylic acids is 1. The highest BCUT2D eigenvalue weighted by Crippen LogP contribution is 2.35. The van der Waals surface area contributed by atoms with Gasteiger partial charge in [0.15, 0.2) is 5.82 Å². The maximum absolute atomic E-state index is 10.4. The smallest absolute Gasteiger partial charge is 0.303 e. The lowest BCUT2D eigenvalue weighted by molar-refractivity contribution is -0.137. The first-order valence-electron chi connectivity index (χ1n) is 7.23. The molecule has 1 aliphatic carbocycles. The van der Waals surface area contributed by atoms with Crippen LogP contribution in [0.25, 0.3) is 0 Å². The average Bonchev–Trinajstić information content (AvgIpc) is 2.87. The highest BCUT2D eigenvalue weighted by atomic mass is 16.5. The predicted octanol–water partition coefficient (Wildman–Crippen LogP) is 3.16. The molecule has 0 aliphatic heterocycles. The van der Waals surface area contributed by atoms with Gasteiger partial charge in [0.05, 0.1) is 0 Å². The number of nitrogens with zero attached hydrogens (tertiary/aromatic N) is 2. The van der Waals surface area contributed by atoms with E-state index in [1.807, 2.05) is 0 Å². The number of hydrogen-bond acceptors (Lipinski definition) is 4. The quantitative estimate of drug-likeness (QED) is 0.855. The van der Waals surface area contributed by atoms with Crippen molar-refractivity contribution < 1.29 is 14.4 Å². The van der Waals surface area contributed by atoms with Crippen molar-refractivity contribution in [1.29, 1.82) is 0 Å². The third-order valence-electron chi connectivity index (χ3n) is 4.05. The first-order valence-corrected chi connectivity index (χ1v) is 7.23. The van der Waals surface area contributed by atoms with E-state index in [0.29, 0.717) is 24.7 Å². The molecule has 0 spiro atoms. The van der Waals surface area contributed by atoms with Crippen molar-refractivity contribution >= 4 is 5.97 Å². The van der Waals surface area contributed by atoms with Crippen molar-refractivity contribution in [3.8, 4) is 0 Å². The van der Waals surface area contributed by atoms with Crippen LogP contribution < -0.4 is 0 Å².